The number of aromatic amines is 1. The number of para-hydroxylation sites is 1. The molecule has 2 atom stereocenters. The first-order chi connectivity index (χ1) is 8.74. The van der Waals surface area contributed by atoms with E-state index in [2.05, 4.69) is 10.3 Å². The van der Waals surface area contributed by atoms with E-state index in [0.29, 0.717) is 12.1 Å². The number of nitrogens with one attached hydrogen (secondary N) is 2. The van der Waals surface area contributed by atoms with Gasteiger partial charge in [0, 0.05) is 10.9 Å². The molecule has 0 bridgehead atoms. The first-order valence-corrected chi connectivity index (χ1v) is 6.27. The second-order valence-electron chi connectivity index (χ2n) is 4.80. The molecule has 2 N–H and O–H groups in total. The van der Waals surface area contributed by atoms with Gasteiger partial charge in [0.15, 0.2) is 0 Å². The molecule has 18 heavy (non-hydrogen) atoms. The number of H-pyrrole nitrogens is 1. The fourth-order valence-corrected chi connectivity index (χ4v) is 2.52. The van der Waals surface area contributed by atoms with Gasteiger partial charge in [0.2, 0.25) is 0 Å². The maximum atomic E-state index is 13.4. The van der Waals surface area contributed by atoms with Crippen molar-refractivity contribution in [2.24, 2.45) is 0 Å². The number of hydrogen-bond acceptors (Lipinski definition) is 1. The minimum absolute atomic E-state index is 0.222. The van der Waals surface area contributed by atoms with Gasteiger partial charge in [0.05, 0.1) is 6.04 Å². The zero-order valence-electron chi connectivity index (χ0n) is 9.95. The van der Waals surface area contributed by atoms with Crippen LogP contribution in [0.1, 0.15) is 29.8 Å². The topological polar surface area (TPSA) is 44.9 Å². The fraction of sp³-hybridized carbons (Fsp3) is 0.357. The summed E-state index contributed by atoms with van der Waals surface area (Å²) in [6.45, 7) is 0. The van der Waals surface area contributed by atoms with Crippen LogP contribution in [0.5, 0.6) is 0 Å². The van der Waals surface area contributed by atoms with Crippen LogP contribution in [0.25, 0.3) is 10.9 Å². The monoisotopic (exact) mass is 246 g/mol. The van der Waals surface area contributed by atoms with Crippen molar-refractivity contribution in [1.29, 1.82) is 0 Å². The molecule has 0 spiro atoms. The molecule has 1 aliphatic rings. The molecule has 1 aromatic heterocycles. The summed E-state index contributed by atoms with van der Waals surface area (Å²) in [6.07, 6.45) is 1.22. The first-order valence-electron chi connectivity index (χ1n) is 6.27. The molecule has 0 saturated heterocycles. The van der Waals surface area contributed by atoms with E-state index in [1.165, 1.54) is 0 Å². The standard InChI is InChI=1S/C14H15FN2O/c15-10-5-3-7-12(10)17-14(18)13-8-9-4-1-2-6-11(9)16-13/h1-2,4,6,8,10,12,16H,3,5,7H2,(H,17,18). The smallest absolute Gasteiger partial charge is 0.268 e. The van der Waals surface area contributed by atoms with Gasteiger partial charge in [-0.05, 0) is 31.4 Å². The summed E-state index contributed by atoms with van der Waals surface area (Å²) in [7, 11) is 0. The van der Waals surface area contributed by atoms with Gasteiger partial charge in [-0.1, -0.05) is 18.2 Å². The lowest BCUT2D eigenvalue weighted by Crippen LogP contribution is -2.38. The third kappa shape index (κ3) is 1.98. The molecule has 2 unspecified atom stereocenters. The number of fused-ring (bicyclic) bond motifs is 1. The molecule has 3 nitrogen and oxygen atoms in total. The van der Waals surface area contributed by atoms with Gasteiger partial charge in [-0.2, -0.15) is 0 Å². The molecular formula is C14H15FN2O. The van der Waals surface area contributed by atoms with Gasteiger partial charge < -0.3 is 10.3 Å². The summed E-state index contributed by atoms with van der Waals surface area (Å²) in [4.78, 5) is 15.1. The molecule has 0 radical (unpaired) electrons. The number of rotatable bonds is 2. The highest BCUT2D eigenvalue weighted by molar-refractivity contribution is 5.98. The van der Waals surface area contributed by atoms with Gasteiger partial charge in [-0.3, -0.25) is 4.79 Å². The summed E-state index contributed by atoms with van der Waals surface area (Å²) in [6, 6.07) is 9.16. The highest BCUT2D eigenvalue weighted by atomic mass is 19.1. The Morgan fingerprint density at radius 1 is 1.33 bits per heavy atom. The Labute approximate surface area is 104 Å². The van der Waals surface area contributed by atoms with Crippen molar-refractivity contribution < 1.29 is 9.18 Å². The van der Waals surface area contributed by atoms with Gasteiger partial charge in [0.25, 0.3) is 5.91 Å². The zero-order chi connectivity index (χ0) is 12.5. The summed E-state index contributed by atoms with van der Waals surface area (Å²) >= 11 is 0. The quantitative estimate of drug-likeness (QED) is 0.840. The number of benzene rings is 1. The highest BCUT2D eigenvalue weighted by Gasteiger charge is 2.28. The lowest BCUT2D eigenvalue weighted by atomic mass is 10.2. The van der Waals surface area contributed by atoms with Crippen molar-refractivity contribution in [3.8, 4) is 0 Å². The second-order valence-corrected chi connectivity index (χ2v) is 4.80. The van der Waals surface area contributed by atoms with Crippen molar-refractivity contribution in [2.45, 2.75) is 31.5 Å². The minimum atomic E-state index is -0.904. The SMILES string of the molecule is O=C(NC1CCCC1F)c1cc2ccccc2[nH]1. The molecular weight excluding hydrogens is 231 g/mol. The maximum absolute atomic E-state index is 13.4. The summed E-state index contributed by atoms with van der Waals surface area (Å²) < 4.78 is 13.4. The van der Waals surface area contributed by atoms with Crippen LogP contribution >= 0.6 is 0 Å². The second kappa shape index (κ2) is 4.44. The van der Waals surface area contributed by atoms with Crippen LogP contribution < -0.4 is 5.32 Å². The average molecular weight is 246 g/mol. The van der Waals surface area contributed by atoms with Gasteiger partial charge >= 0.3 is 0 Å². The van der Waals surface area contributed by atoms with Crippen LogP contribution in [0.15, 0.2) is 30.3 Å². The number of halogens is 1. The van der Waals surface area contributed by atoms with E-state index in [9.17, 15) is 9.18 Å². The first kappa shape index (κ1) is 11.3. The number of amides is 1. The maximum Gasteiger partial charge on any atom is 0.268 e. The van der Waals surface area contributed by atoms with Crippen LogP contribution in [0.3, 0.4) is 0 Å². The molecule has 1 aromatic carbocycles. The summed E-state index contributed by atoms with van der Waals surface area (Å²) in [5.41, 5.74) is 1.42. The predicted molar refractivity (Wildman–Crippen MR) is 68.3 cm³/mol. The Hall–Kier alpha value is -1.84. The van der Waals surface area contributed by atoms with Crippen LogP contribution in [-0.2, 0) is 0 Å². The lowest BCUT2D eigenvalue weighted by molar-refractivity contribution is 0.0915. The van der Waals surface area contributed by atoms with Crippen molar-refractivity contribution >= 4 is 16.8 Å². The van der Waals surface area contributed by atoms with E-state index >= 15 is 0 Å². The Bertz CT molecular complexity index is 545. The Morgan fingerprint density at radius 2 is 2.17 bits per heavy atom. The van der Waals surface area contributed by atoms with Crippen molar-refractivity contribution in [1.82, 2.24) is 10.3 Å². The van der Waals surface area contributed by atoms with E-state index in [-0.39, 0.29) is 11.9 Å². The van der Waals surface area contributed by atoms with E-state index in [1.54, 1.807) is 6.07 Å². The van der Waals surface area contributed by atoms with E-state index < -0.39 is 6.17 Å². The Kier molecular flexibility index (Phi) is 2.78. The zero-order valence-corrected chi connectivity index (χ0v) is 9.95. The predicted octanol–water partition coefficient (Wildman–Crippen LogP) is 2.79. The number of aromatic nitrogens is 1. The molecule has 4 heteroatoms. The highest BCUT2D eigenvalue weighted by Crippen LogP contribution is 2.22. The molecule has 1 saturated carbocycles. The molecule has 1 heterocycles. The minimum Gasteiger partial charge on any atom is -0.351 e. The van der Waals surface area contributed by atoms with Gasteiger partial charge in [-0.25, -0.2) is 4.39 Å². The third-order valence-electron chi connectivity index (χ3n) is 3.52. The third-order valence-corrected chi connectivity index (χ3v) is 3.52. The van der Waals surface area contributed by atoms with E-state index in [1.807, 2.05) is 24.3 Å². The lowest BCUT2D eigenvalue weighted by Gasteiger charge is -2.13. The molecule has 1 amide bonds. The largest absolute Gasteiger partial charge is 0.351 e. The van der Waals surface area contributed by atoms with E-state index in [0.717, 1.165) is 23.7 Å². The number of alkyl halides is 1. The van der Waals surface area contributed by atoms with Crippen molar-refractivity contribution in [2.75, 3.05) is 0 Å². The average Bonchev–Trinajstić information content (AvgIpc) is 2.96. The normalized spacial score (nSPS) is 23.4. The Morgan fingerprint density at radius 3 is 2.89 bits per heavy atom. The van der Waals surface area contributed by atoms with Crippen LogP contribution in [0.4, 0.5) is 4.39 Å². The summed E-state index contributed by atoms with van der Waals surface area (Å²) in [5.74, 6) is -0.222. The fourth-order valence-electron chi connectivity index (χ4n) is 2.52. The Balaban J connectivity index is 1.79. The van der Waals surface area contributed by atoms with Crippen molar-refractivity contribution in [3.05, 3.63) is 36.0 Å². The van der Waals surface area contributed by atoms with Gasteiger partial charge in [-0.15, -0.1) is 0 Å². The van der Waals surface area contributed by atoms with Crippen LogP contribution in [0, 0.1) is 0 Å². The molecule has 94 valence electrons. The molecule has 0 aliphatic heterocycles. The molecule has 2 aromatic rings. The molecule has 3 rings (SSSR count). The van der Waals surface area contributed by atoms with Crippen LogP contribution in [-0.4, -0.2) is 23.1 Å². The van der Waals surface area contributed by atoms with Crippen molar-refractivity contribution in [3.63, 3.8) is 0 Å². The number of hydrogen-bond donors (Lipinski definition) is 2. The summed E-state index contributed by atoms with van der Waals surface area (Å²) in [5, 5.41) is 3.75. The molecule has 1 aliphatic carbocycles. The number of carbonyl (C=O) groups excluding carboxylic acids is 1. The van der Waals surface area contributed by atoms with Crippen LogP contribution in [0.2, 0.25) is 0 Å². The van der Waals surface area contributed by atoms with E-state index in [4.69, 9.17) is 0 Å². The number of carbonyl (C=O) groups is 1. The van der Waals surface area contributed by atoms with Gasteiger partial charge in [0.1, 0.15) is 11.9 Å². The molecule has 1 fully saturated rings.